The number of aryl methyl sites for hydroxylation is 1. The van der Waals surface area contributed by atoms with Crippen molar-refractivity contribution in [1.29, 1.82) is 0 Å². The highest BCUT2D eigenvalue weighted by Gasteiger charge is 1.81. The van der Waals surface area contributed by atoms with E-state index < -0.39 is 0 Å². The maximum atomic E-state index is 5.32. The summed E-state index contributed by atoms with van der Waals surface area (Å²) in [5.74, 6) is 0. The van der Waals surface area contributed by atoms with E-state index in [0.29, 0.717) is 5.69 Å². The van der Waals surface area contributed by atoms with Gasteiger partial charge in [0.05, 0.1) is 0 Å². The summed E-state index contributed by atoms with van der Waals surface area (Å²) in [6.07, 6.45) is 1.75. The van der Waals surface area contributed by atoms with Crippen LogP contribution in [-0.2, 0) is 0 Å². The molecule has 0 aliphatic carbocycles. The van der Waals surface area contributed by atoms with E-state index in [1.165, 1.54) is 0 Å². The van der Waals surface area contributed by atoms with Gasteiger partial charge < -0.3 is 0 Å². The van der Waals surface area contributed by atoms with Crippen molar-refractivity contribution in [2.75, 3.05) is 0 Å². The average Bonchev–Trinajstić information content (AvgIpc) is 1.77. The molecule has 0 saturated carbocycles. The second-order valence-corrected chi connectivity index (χ2v) is 1.76. The number of rotatable bonds is 0. The molecule has 2 radical (unpaired) electrons. The molecule has 1 heterocycles. The molecular weight excluding hydrogens is 98.1 g/mol. The fourth-order valence-electron chi connectivity index (χ4n) is 0.479. The van der Waals surface area contributed by atoms with Crippen molar-refractivity contribution in [2.45, 2.75) is 6.92 Å². The predicted octanol–water partition coefficient (Wildman–Crippen LogP) is 1.45. The molecule has 0 atom stereocenters. The minimum Gasteiger partial charge on any atom is -0.261 e. The molecule has 1 nitrogen and oxygen atoms in total. The van der Waals surface area contributed by atoms with E-state index in [1.54, 1.807) is 12.3 Å². The highest BCUT2D eigenvalue weighted by Crippen LogP contribution is 1.94. The van der Waals surface area contributed by atoms with Gasteiger partial charge in [0.25, 0.3) is 0 Å². The second-order valence-electron chi connectivity index (χ2n) is 1.76. The number of hydrogen-bond acceptors (Lipinski definition) is 1. The number of nitrogens with zero attached hydrogens (tertiary/aromatic N) is 1. The number of pyridine rings is 1. The van der Waals surface area contributed by atoms with Gasteiger partial charge in [-0.1, -0.05) is 6.07 Å². The van der Waals surface area contributed by atoms with Crippen LogP contribution in [0.5, 0.6) is 0 Å². The van der Waals surface area contributed by atoms with E-state index in [2.05, 4.69) is 4.98 Å². The van der Waals surface area contributed by atoms with Gasteiger partial charge in [-0.25, -0.2) is 0 Å². The van der Waals surface area contributed by atoms with Gasteiger partial charge in [0, 0.05) is 18.8 Å². The Hall–Kier alpha value is -0.850. The molecule has 40 valence electrons. The summed E-state index contributed by atoms with van der Waals surface area (Å²) in [4.78, 5) is 3.86. The standard InChI is InChI=1S/C7H7N/c1-6-3-4-7(2)8-5-6/h2-5H,1H3. The third-order valence-corrected chi connectivity index (χ3v) is 0.934. The quantitative estimate of drug-likeness (QED) is 0.486. The van der Waals surface area contributed by atoms with E-state index in [4.69, 9.17) is 6.92 Å². The van der Waals surface area contributed by atoms with Crippen LogP contribution in [0.15, 0.2) is 18.3 Å². The third kappa shape index (κ3) is 1.06. The van der Waals surface area contributed by atoms with Crippen molar-refractivity contribution in [1.82, 2.24) is 4.98 Å². The third-order valence-electron chi connectivity index (χ3n) is 0.934. The Morgan fingerprint density at radius 3 is 2.62 bits per heavy atom. The van der Waals surface area contributed by atoms with Crippen molar-refractivity contribution in [3.05, 3.63) is 36.5 Å². The summed E-state index contributed by atoms with van der Waals surface area (Å²) in [5.41, 5.74) is 1.72. The van der Waals surface area contributed by atoms with Gasteiger partial charge in [-0.15, -0.1) is 0 Å². The van der Waals surface area contributed by atoms with Crippen molar-refractivity contribution in [3.63, 3.8) is 0 Å². The zero-order valence-corrected chi connectivity index (χ0v) is 4.76. The van der Waals surface area contributed by atoms with E-state index in [1.807, 2.05) is 13.0 Å². The SMILES string of the molecule is [CH]c1ccc(C)cn1. The lowest BCUT2D eigenvalue weighted by atomic mass is 10.3. The van der Waals surface area contributed by atoms with Crippen molar-refractivity contribution in [3.8, 4) is 0 Å². The van der Waals surface area contributed by atoms with Crippen LogP contribution in [0.1, 0.15) is 11.3 Å². The van der Waals surface area contributed by atoms with Gasteiger partial charge in [-0.2, -0.15) is 0 Å². The molecule has 1 heteroatoms. The molecular formula is C7H7N. The number of hydrogen-bond donors (Lipinski definition) is 0. The zero-order valence-electron chi connectivity index (χ0n) is 4.76. The summed E-state index contributed by atoms with van der Waals surface area (Å²) in [7, 11) is 0. The Balaban J connectivity index is 3.03. The molecule has 1 aromatic heterocycles. The fraction of sp³-hybridized carbons (Fsp3) is 0.143. The van der Waals surface area contributed by atoms with Crippen molar-refractivity contribution < 1.29 is 0 Å². The summed E-state index contributed by atoms with van der Waals surface area (Å²) >= 11 is 0. The van der Waals surface area contributed by atoms with Gasteiger partial charge in [-0.3, -0.25) is 4.98 Å². The monoisotopic (exact) mass is 105 g/mol. The normalized spacial score (nSPS) is 9.25. The average molecular weight is 105 g/mol. The first-order chi connectivity index (χ1) is 3.79. The lowest BCUT2D eigenvalue weighted by Crippen LogP contribution is -1.78. The van der Waals surface area contributed by atoms with Crippen molar-refractivity contribution >= 4 is 0 Å². The Bertz CT molecular complexity index is 143. The molecule has 0 aromatic carbocycles. The van der Waals surface area contributed by atoms with Crippen LogP contribution >= 0.6 is 0 Å². The molecule has 0 aliphatic heterocycles. The van der Waals surface area contributed by atoms with Crippen LogP contribution in [0.25, 0.3) is 0 Å². The minimum atomic E-state index is 0.579. The lowest BCUT2D eigenvalue weighted by Gasteiger charge is -1.88. The molecule has 0 aliphatic rings. The Kier molecular flexibility index (Phi) is 1.29. The van der Waals surface area contributed by atoms with Gasteiger partial charge in [-0.05, 0) is 18.6 Å². The van der Waals surface area contributed by atoms with Crippen LogP contribution in [0.3, 0.4) is 0 Å². The highest BCUT2D eigenvalue weighted by molar-refractivity contribution is 5.13. The first-order valence-electron chi connectivity index (χ1n) is 2.47. The van der Waals surface area contributed by atoms with Gasteiger partial charge in [0.1, 0.15) is 0 Å². The van der Waals surface area contributed by atoms with Gasteiger partial charge in [0.15, 0.2) is 0 Å². The summed E-state index contributed by atoms with van der Waals surface area (Å²) in [6.45, 7) is 7.29. The summed E-state index contributed by atoms with van der Waals surface area (Å²) in [6, 6.07) is 3.72. The van der Waals surface area contributed by atoms with E-state index in [9.17, 15) is 0 Å². The van der Waals surface area contributed by atoms with Gasteiger partial charge >= 0.3 is 0 Å². The zero-order chi connectivity index (χ0) is 5.98. The molecule has 0 fully saturated rings. The Morgan fingerprint density at radius 2 is 2.25 bits per heavy atom. The molecule has 0 bridgehead atoms. The van der Waals surface area contributed by atoms with Crippen LogP contribution in [-0.4, -0.2) is 4.98 Å². The van der Waals surface area contributed by atoms with E-state index in [0.717, 1.165) is 5.56 Å². The second kappa shape index (κ2) is 1.95. The Morgan fingerprint density at radius 1 is 1.50 bits per heavy atom. The fourth-order valence-corrected chi connectivity index (χ4v) is 0.479. The van der Waals surface area contributed by atoms with Crippen LogP contribution in [0.4, 0.5) is 0 Å². The first kappa shape index (κ1) is 5.29. The van der Waals surface area contributed by atoms with E-state index in [-0.39, 0.29) is 0 Å². The van der Waals surface area contributed by atoms with Gasteiger partial charge in [0.2, 0.25) is 0 Å². The molecule has 1 aromatic rings. The highest BCUT2D eigenvalue weighted by atomic mass is 14.6. The lowest BCUT2D eigenvalue weighted by molar-refractivity contribution is 1.22. The minimum absolute atomic E-state index is 0.579. The smallest absolute Gasteiger partial charge is 0.0448 e. The summed E-state index contributed by atoms with van der Waals surface area (Å²) in [5, 5.41) is 0. The first-order valence-corrected chi connectivity index (χ1v) is 2.47. The molecule has 8 heavy (non-hydrogen) atoms. The molecule has 1 rings (SSSR count). The molecule has 0 saturated heterocycles. The molecule has 0 amide bonds. The Labute approximate surface area is 49.4 Å². The predicted molar refractivity (Wildman–Crippen MR) is 32.4 cm³/mol. The topological polar surface area (TPSA) is 12.9 Å². The summed E-state index contributed by atoms with van der Waals surface area (Å²) < 4.78 is 0. The van der Waals surface area contributed by atoms with Crippen LogP contribution in [0.2, 0.25) is 0 Å². The molecule has 0 unspecified atom stereocenters. The van der Waals surface area contributed by atoms with E-state index >= 15 is 0 Å². The molecule has 0 spiro atoms. The number of aromatic nitrogens is 1. The maximum absolute atomic E-state index is 5.32. The van der Waals surface area contributed by atoms with Crippen LogP contribution in [0, 0.1) is 13.8 Å². The van der Waals surface area contributed by atoms with Crippen molar-refractivity contribution in [2.24, 2.45) is 0 Å². The van der Waals surface area contributed by atoms with Crippen LogP contribution < -0.4 is 0 Å². The molecule has 0 N–H and O–H groups in total. The maximum Gasteiger partial charge on any atom is 0.0448 e. The largest absolute Gasteiger partial charge is 0.261 e.